The van der Waals surface area contributed by atoms with Crippen molar-refractivity contribution >= 4 is 5.91 Å². The highest BCUT2D eigenvalue weighted by Crippen LogP contribution is 2.15. The molecule has 80 valence electrons. The van der Waals surface area contributed by atoms with E-state index in [1.807, 2.05) is 18.2 Å². The van der Waals surface area contributed by atoms with Crippen LogP contribution in [0.15, 0.2) is 24.3 Å². The molecule has 1 aromatic carbocycles. The van der Waals surface area contributed by atoms with Crippen LogP contribution in [0.2, 0.25) is 0 Å². The number of carbonyl (C=O) groups is 1. The van der Waals surface area contributed by atoms with Crippen LogP contribution in [-0.4, -0.2) is 29.9 Å². The van der Waals surface area contributed by atoms with Crippen molar-refractivity contribution in [2.24, 2.45) is 11.5 Å². The second kappa shape index (κ2) is 4.00. The second-order valence-corrected chi connectivity index (χ2v) is 3.98. The van der Waals surface area contributed by atoms with Crippen LogP contribution in [0.25, 0.3) is 0 Å². The lowest BCUT2D eigenvalue weighted by atomic mass is 10.0. The van der Waals surface area contributed by atoms with E-state index >= 15 is 0 Å². The Balaban J connectivity index is 2.10. The molecular formula is C11H15N3O. The maximum absolute atomic E-state index is 11.2. The Morgan fingerprint density at radius 1 is 1.40 bits per heavy atom. The summed E-state index contributed by atoms with van der Waals surface area (Å²) in [5.74, 6) is -0.365. The van der Waals surface area contributed by atoms with Gasteiger partial charge in [0.15, 0.2) is 0 Å². The molecule has 1 amide bonds. The summed E-state index contributed by atoms with van der Waals surface area (Å²) in [4.78, 5) is 13.4. The van der Waals surface area contributed by atoms with E-state index in [1.165, 1.54) is 0 Å². The van der Waals surface area contributed by atoms with Crippen molar-refractivity contribution in [2.45, 2.75) is 12.6 Å². The summed E-state index contributed by atoms with van der Waals surface area (Å²) >= 11 is 0. The van der Waals surface area contributed by atoms with Crippen LogP contribution < -0.4 is 11.5 Å². The zero-order chi connectivity index (χ0) is 10.8. The van der Waals surface area contributed by atoms with Gasteiger partial charge in [-0.05, 0) is 11.6 Å². The SMILES string of the molecule is NC(=O)c1ccccc1CN1CC(N)C1. The zero-order valence-corrected chi connectivity index (χ0v) is 8.52. The first-order valence-corrected chi connectivity index (χ1v) is 5.02. The highest BCUT2D eigenvalue weighted by molar-refractivity contribution is 5.94. The lowest BCUT2D eigenvalue weighted by Crippen LogP contribution is -2.55. The topological polar surface area (TPSA) is 72.4 Å². The first-order chi connectivity index (χ1) is 7.16. The van der Waals surface area contributed by atoms with Crippen molar-refractivity contribution in [3.05, 3.63) is 35.4 Å². The summed E-state index contributed by atoms with van der Waals surface area (Å²) in [7, 11) is 0. The van der Waals surface area contributed by atoms with E-state index in [4.69, 9.17) is 11.5 Å². The number of rotatable bonds is 3. The predicted octanol–water partition coefficient (Wildman–Crippen LogP) is -0.0716. The fourth-order valence-electron chi connectivity index (χ4n) is 1.88. The Morgan fingerprint density at radius 3 is 2.67 bits per heavy atom. The minimum atomic E-state index is -0.365. The van der Waals surface area contributed by atoms with Gasteiger partial charge in [0.05, 0.1) is 0 Å². The van der Waals surface area contributed by atoms with Gasteiger partial charge in [-0.3, -0.25) is 9.69 Å². The largest absolute Gasteiger partial charge is 0.366 e. The highest BCUT2D eigenvalue weighted by atomic mass is 16.1. The predicted molar refractivity (Wildman–Crippen MR) is 58.2 cm³/mol. The number of likely N-dealkylation sites (tertiary alicyclic amines) is 1. The maximum atomic E-state index is 11.2. The molecule has 0 aromatic heterocycles. The smallest absolute Gasteiger partial charge is 0.249 e. The molecule has 4 N–H and O–H groups in total. The summed E-state index contributed by atoms with van der Waals surface area (Å²) in [6.07, 6.45) is 0. The number of carbonyl (C=O) groups excluding carboxylic acids is 1. The van der Waals surface area contributed by atoms with Crippen LogP contribution >= 0.6 is 0 Å². The third kappa shape index (κ3) is 2.16. The molecule has 4 nitrogen and oxygen atoms in total. The van der Waals surface area contributed by atoms with Crippen LogP contribution in [0.5, 0.6) is 0 Å². The number of hydrogen-bond donors (Lipinski definition) is 2. The summed E-state index contributed by atoms with van der Waals surface area (Å²) in [5, 5.41) is 0. The van der Waals surface area contributed by atoms with E-state index < -0.39 is 0 Å². The van der Waals surface area contributed by atoms with Crippen LogP contribution in [0.4, 0.5) is 0 Å². The monoisotopic (exact) mass is 205 g/mol. The molecule has 0 atom stereocenters. The molecule has 15 heavy (non-hydrogen) atoms. The van der Waals surface area contributed by atoms with Crippen molar-refractivity contribution in [1.29, 1.82) is 0 Å². The molecule has 1 aliphatic rings. The van der Waals surface area contributed by atoms with E-state index in [0.717, 1.165) is 25.2 Å². The van der Waals surface area contributed by atoms with Gasteiger partial charge in [0.1, 0.15) is 0 Å². The number of hydrogen-bond acceptors (Lipinski definition) is 3. The summed E-state index contributed by atoms with van der Waals surface area (Å²) in [6.45, 7) is 2.55. The fraction of sp³-hybridized carbons (Fsp3) is 0.364. The van der Waals surface area contributed by atoms with Gasteiger partial charge in [-0.15, -0.1) is 0 Å². The molecule has 4 heteroatoms. The van der Waals surface area contributed by atoms with Gasteiger partial charge in [0, 0.05) is 31.2 Å². The molecule has 0 spiro atoms. The van der Waals surface area contributed by atoms with E-state index in [9.17, 15) is 4.79 Å². The molecule has 1 aromatic rings. The molecule has 0 aliphatic carbocycles. The van der Waals surface area contributed by atoms with Crippen LogP contribution in [0.1, 0.15) is 15.9 Å². The Bertz CT molecular complexity index is 372. The molecule has 1 heterocycles. The molecule has 0 unspecified atom stereocenters. The maximum Gasteiger partial charge on any atom is 0.249 e. The Hall–Kier alpha value is -1.39. The second-order valence-electron chi connectivity index (χ2n) is 3.98. The van der Waals surface area contributed by atoms with Crippen LogP contribution in [0, 0.1) is 0 Å². The standard InChI is InChI=1S/C11H15N3O/c12-9-6-14(7-9)5-8-3-1-2-4-10(8)11(13)15/h1-4,9H,5-7,12H2,(H2,13,15). The molecule has 1 fully saturated rings. The van der Waals surface area contributed by atoms with Gasteiger partial charge in [-0.25, -0.2) is 0 Å². The van der Waals surface area contributed by atoms with Crippen molar-refractivity contribution < 1.29 is 4.79 Å². The normalized spacial score (nSPS) is 17.4. The molecule has 1 aliphatic heterocycles. The number of primary amides is 1. The molecule has 0 radical (unpaired) electrons. The van der Waals surface area contributed by atoms with Crippen molar-refractivity contribution in [2.75, 3.05) is 13.1 Å². The summed E-state index contributed by atoms with van der Waals surface area (Å²) in [6, 6.07) is 7.72. The molecule has 1 saturated heterocycles. The van der Waals surface area contributed by atoms with E-state index in [1.54, 1.807) is 6.07 Å². The average Bonchev–Trinajstić information content (AvgIpc) is 2.16. The van der Waals surface area contributed by atoms with Gasteiger partial charge in [-0.1, -0.05) is 18.2 Å². The summed E-state index contributed by atoms with van der Waals surface area (Å²) in [5.41, 5.74) is 12.6. The number of nitrogens with two attached hydrogens (primary N) is 2. The first kappa shape index (κ1) is 10.1. The van der Waals surface area contributed by atoms with E-state index in [2.05, 4.69) is 4.90 Å². The molecule has 0 saturated carbocycles. The van der Waals surface area contributed by atoms with E-state index in [-0.39, 0.29) is 11.9 Å². The summed E-state index contributed by atoms with van der Waals surface area (Å²) < 4.78 is 0. The fourth-order valence-corrected chi connectivity index (χ4v) is 1.88. The highest BCUT2D eigenvalue weighted by Gasteiger charge is 2.23. The lowest BCUT2D eigenvalue weighted by molar-refractivity contribution is 0.0995. The number of nitrogens with zero attached hydrogens (tertiary/aromatic N) is 1. The Labute approximate surface area is 88.9 Å². The first-order valence-electron chi connectivity index (χ1n) is 5.02. The minimum absolute atomic E-state index is 0.283. The quantitative estimate of drug-likeness (QED) is 0.725. The lowest BCUT2D eigenvalue weighted by Gasteiger charge is -2.37. The van der Waals surface area contributed by atoms with E-state index in [0.29, 0.717) is 5.56 Å². The Kier molecular flexibility index (Phi) is 2.70. The molecule has 0 bridgehead atoms. The van der Waals surface area contributed by atoms with Gasteiger partial charge in [0.25, 0.3) is 0 Å². The molecular weight excluding hydrogens is 190 g/mol. The van der Waals surface area contributed by atoms with Gasteiger partial charge < -0.3 is 11.5 Å². The van der Waals surface area contributed by atoms with Gasteiger partial charge >= 0.3 is 0 Å². The number of benzene rings is 1. The minimum Gasteiger partial charge on any atom is -0.366 e. The van der Waals surface area contributed by atoms with Crippen molar-refractivity contribution in [3.8, 4) is 0 Å². The van der Waals surface area contributed by atoms with Crippen LogP contribution in [-0.2, 0) is 6.54 Å². The van der Waals surface area contributed by atoms with Gasteiger partial charge in [-0.2, -0.15) is 0 Å². The van der Waals surface area contributed by atoms with Crippen molar-refractivity contribution in [1.82, 2.24) is 4.90 Å². The van der Waals surface area contributed by atoms with Gasteiger partial charge in [0.2, 0.25) is 5.91 Å². The Morgan fingerprint density at radius 2 is 2.07 bits per heavy atom. The van der Waals surface area contributed by atoms with Crippen LogP contribution in [0.3, 0.4) is 0 Å². The zero-order valence-electron chi connectivity index (χ0n) is 8.52. The third-order valence-corrected chi connectivity index (χ3v) is 2.66. The third-order valence-electron chi connectivity index (χ3n) is 2.66. The van der Waals surface area contributed by atoms with Crippen molar-refractivity contribution in [3.63, 3.8) is 0 Å². The average molecular weight is 205 g/mol. The number of amides is 1. The molecule has 2 rings (SSSR count).